The number of fused-ring (bicyclic) bond motifs is 1. The minimum Gasteiger partial charge on any atom is -0.362 e. The molecule has 4 rings (SSSR count). The molecule has 1 amide bonds. The van der Waals surface area contributed by atoms with Gasteiger partial charge in [-0.15, -0.1) is 0 Å². The number of nitrogens with zero attached hydrogens (tertiary/aromatic N) is 4. The predicted octanol–water partition coefficient (Wildman–Crippen LogP) is 4.93. The Hall–Kier alpha value is -2.53. The number of hydrogen-bond acceptors (Lipinski definition) is 4. The molecular formula is C20H19BrClF3N6O. The van der Waals surface area contributed by atoms with Gasteiger partial charge in [0.25, 0.3) is 5.91 Å². The van der Waals surface area contributed by atoms with Crippen LogP contribution in [0, 0.1) is 6.92 Å². The van der Waals surface area contributed by atoms with Crippen LogP contribution in [0.3, 0.4) is 0 Å². The Balaban J connectivity index is 1.63. The Kier molecular flexibility index (Phi) is 5.97. The van der Waals surface area contributed by atoms with E-state index in [1.807, 2.05) is 0 Å². The van der Waals surface area contributed by atoms with E-state index in [9.17, 15) is 18.0 Å². The van der Waals surface area contributed by atoms with E-state index in [4.69, 9.17) is 11.6 Å². The van der Waals surface area contributed by atoms with Gasteiger partial charge < -0.3 is 10.6 Å². The molecule has 2 aromatic heterocycles. The van der Waals surface area contributed by atoms with Gasteiger partial charge in [-0.3, -0.25) is 9.48 Å². The molecule has 0 saturated carbocycles. The fraction of sp³-hybridized carbons (Fsp3) is 0.350. The first-order chi connectivity index (χ1) is 15.0. The van der Waals surface area contributed by atoms with Crippen molar-refractivity contribution in [3.05, 3.63) is 62.5 Å². The monoisotopic (exact) mass is 530 g/mol. The van der Waals surface area contributed by atoms with Crippen LogP contribution in [0.4, 0.5) is 19.0 Å². The third kappa shape index (κ3) is 4.36. The number of rotatable bonds is 4. The highest BCUT2D eigenvalue weighted by Gasteiger charge is 2.47. The lowest BCUT2D eigenvalue weighted by Gasteiger charge is -2.33. The molecule has 1 aromatic carbocycles. The molecule has 3 heterocycles. The Morgan fingerprint density at radius 1 is 1.31 bits per heavy atom. The summed E-state index contributed by atoms with van der Waals surface area (Å²) in [5, 5.41) is 13.7. The topological polar surface area (TPSA) is 76.8 Å². The smallest absolute Gasteiger partial charge is 0.362 e. The standard InChI is InChI=1S/C20H19BrClF3N6O/c1-10-12(9-30(2)28-10)8-26-19(32)17-16(22)18-27-14(11-3-5-13(21)6-4-11)7-15(20(23,24)25)31(18)29-17/h3-6,9,14-15,27H,7-8H2,1-2H3,(H,26,32). The number of amides is 1. The second-order valence-corrected chi connectivity index (χ2v) is 8.89. The van der Waals surface area contributed by atoms with Crippen molar-refractivity contribution in [2.75, 3.05) is 5.32 Å². The number of halogens is 5. The van der Waals surface area contributed by atoms with Crippen LogP contribution in [0.5, 0.6) is 0 Å². The van der Waals surface area contributed by atoms with Crippen molar-refractivity contribution in [3.63, 3.8) is 0 Å². The van der Waals surface area contributed by atoms with Gasteiger partial charge in [0.2, 0.25) is 0 Å². The molecule has 2 atom stereocenters. The molecular weight excluding hydrogens is 513 g/mol. The van der Waals surface area contributed by atoms with Crippen molar-refractivity contribution in [1.82, 2.24) is 24.9 Å². The summed E-state index contributed by atoms with van der Waals surface area (Å²) in [5.41, 5.74) is 1.92. The number of alkyl halides is 3. The Bertz CT molecular complexity index is 1160. The van der Waals surface area contributed by atoms with Crippen molar-refractivity contribution in [1.29, 1.82) is 0 Å². The highest BCUT2D eigenvalue weighted by Crippen LogP contribution is 2.46. The van der Waals surface area contributed by atoms with Crippen molar-refractivity contribution < 1.29 is 18.0 Å². The van der Waals surface area contributed by atoms with Gasteiger partial charge in [-0.2, -0.15) is 23.4 Å². The summed E-state index contributed by atoms with van der Waals surface area (Å²) in [6.45, 7) is 1.94. The van der Waals surface area contributed by atoms with Crippen molar-refractivity contribution in [2.24, 2.45) is 7.05 Å². The molecule has 0 radical (unpaired) electrons. The maximum atomic E-state index is 13.9. The first-order valence-electron chi connectivity index (χ1n) is 9.68. The summed E-state index contributed by atoms with van der Waals surface area (Å²) in [7, 11) is 1.75. The number of nitrogens with one attached hydrogen (secondary N) is 2. The summed E-state index contributed by atoms with van der Waals surface area (Å²) in [6, 6.07) is 4.41. The van der Waals surface area contributed by atoms with Gasteiger partial charge in [0.05, 0.1) is 11.7 Å². The predicted molar refractivity (Wildman–Crippen MR) is 117 cm³/mol. The largest absolute Gasteiger partial charge is 0.410 e. The summed E-state index contributed by atoms with van der Waals surface area (Å²) in [6.07, 6.45) is -3.11. The molecule has 3 aromatic rings. The molecule has 0 bridgehead atoms. The van der Waals surface area contributed by atoms with Crippen molar-refractivity contribution in [3.8, 4) is 0 Å². The lowest BCUT2D eigenvalue weighted by atomic mass is 9.97. The number of benzene rings is 1. The Morgan fingerprint density at radius 2 is 2.00 bits per heavy atom. The molecule has 12 heteroatoms. The molecule has 7 nitrogen and oxygen atoms in total. The van der Waals surface area contributed by atoms with E-state index in [0.29, 0.717) is 5.56 Å². The molecule has 0 fully saturated rings. The number of carbonyl (C=O) groups is 1. The Labute approximate surface area is 195 Å². The van der Waals surface area contributed by atoms with E-state index in [0.717, 1.165) is 20.4 Å². The van der Waals surface area contributed by atoms with Crippen molar-refractivity contribution >= 4 is 39.3 Å². The molecule has 1 aliphatic heterocycles. The highest BCUT2D eigenvalue weighted by molar-refractivity contribution is 9.10. The lowest BCUT2D eigenvalue weighted by Crippen LogP contribution is -2.35. The van der Waals surface area contributed by atoms with Crippen molar-refractivity contribution in [2.45, 2.75) is 38.1 Å². The molecule has 1 aliphatic rings. The SMILES string of the molecule is Cc1nn(C)cc1CNC(=O)c1nn2c(c1Cl)NC(c1ccc(Br)cc1)CC2C(F)(F)F. The van der Waals surface area contributed by atoms with Gasteiger partial charge in [-0.1, -0.05) is 39.7 Å². The molecule has 170 valence electrons. The second kappa shape index (κ2) is 8.43. The maximum Gasteiger partial charge on any atom is 0.410 e. The molecule has 2 N–H and O–H groups in total. The summed E-state index contributed by atoms with van der Waals surface area (Å²) in [4.78, 5) is 12.7. The van der Waals surface area contributed by atoms with Gasteiger partial charge >= 0.3 is 6.18 Å². The van der Waals surface area contributed by atoms with Crippen LogP contribution in [-0.2, 0) is 13.6 Å². The van der Waals surface area contributed by atoms with Crippen LogP contribution >= 0.6 is 27.5 Å². The number of carbonyl (C=O) groups excluding carboxylic acids is 1. The summed E-state index contributed by atoms with van der Waals surface area (Å²) in [5.74, 6) is -0.695. The average Bonchev–Trinajstić information content (AvgIpc) is 3.23. The van der Waals surface area contributed by atoms with Crippen LogP contribution in [0.15, 0.2) is 34.9 Å². The number of anilines is 1. The third-order valence-electron chi connectivity index (χ3n) is 5.34. The normalized spacial score (nSPS) is 18.2. The van der Waals surface area contributed by atoms with Gasteiger partial charge in [0.15, 0.2) is 11.7 Å². The molecule has 0 saturated heterocycles. The third-order valence-corrected chi connectivity index (χ3v) is 6.22. The fourth-order valence-corrected chi connectivity index (χ4v) is 4.26. The van der Waals surface area contributed by atoms with E-state index >= 15 is 0 Å². The van der Waals surface area contributed by atoms with E-state index < -0.39 is 24.2 Å². The number of aromatic nitrogens is 4. The second-order valence-electron chi connectivity index (χ2n) is 7.59. The fourth-order valence-electron chi connectivity index (χ4n) is 3.73. The molecule has 0 aliphatic carbocycles. The van der Waals surface area contributed by atoms with E-state index in [-0.39, 0.29) is 29.5 Å². The van der Waals surface area contributed by atoms with Crippen LogP contribution in [0.2, 0.25) is 5.02 Å². The van der Waals surface area contributed by atoms with Crippen LogP contribution in [-0.4, -0.2) is 31.6 Å². The van der Waals surface area contributed by atoms with Gasteiger partial charge in [0.1, 0.15) is 10.8 Å². The minimum absolute atomic E-state index is 0.0316. The van der Waals surface area contributed by atoms with E-state index in [1.165, 1.54) is 0 Å². The van der Waals surface area contributed by atoms with Gasteiger partial charge in [-0.25, -0.2) is 4.68 Å². The zero-order valence-corrected chi connectivity index (χ0v) is 19.4. The first-order valence-corrected chi connectivity index (χ1v) is 10.9. The zero-order valence-electron chi connectivity index (χ0n) is 17.0. The summed E-state index contributed by atoms with van der Waals surface area (Å²) >= 11 is 9.67. The maximum absolute atomic E-state index is 13.9. The molecule has 2 unspecified atom stereocenters. The van der Waals surface area contributed by atoms with E-state index in [2.05, 4.69) is 36.8 Å². The average molecular weight is 532 g/mol. The zero-order chi connectivity index (χ0) is 23.2. The molecule has 0 spiro atoms. The van der Waals surface area contributed by atoms with Crippen LogP contribution < -0.4 is 10.6 Å². The van der Waals surface area contributed by atoms with Crippen LogP contribution in [0.25, 0.3) is 0 Å². The minimum atomic E-state index is -4.57. The Morgan fingerprint density at radius 3 is 2.59 bits per heavy atom. The van der Waals surface area contributed by atoms with Gasteiger partial charge in [-0.05, 0) is 24.6 Å². The van der Waals surface area contributed by atoms with Gasteiger partial charge in [0, 0.05) is 36.2 Å². The number of hydrogen-bond donors (Lipinski definition) is 2. The lowest BCUT2D eigenvalue weighted by molar-refractivity contribution is -0.173. The quantitative estimate of drug-likeness (QED) is 0.501. The van der Waals surface area contributed by atoms with Crippen LogP contribution in [0.1, 0.15) is 45.8 Å². The van der Waals surface area contributed by atoms with E-state index in [1.54, 1.807) is 49.1 Å². The number of aryl methyl sites for hydroxylation is 2. The summed E-state index contributed by atoms with van der Waals surface area (Å²) < 4.78 is 44.8. The highest BCUT2D eigenvalue weighted by atomic mass is 79.9. The first kappa shape index (κ1) is 22.7. The molecule has 32 heavy (non-hydrogen) atoms.